The zero-order chi connectivity index (χ0) is 18.9. The third-order valence-electron chi connectivity index (χ3n) is 4.43. The van der Waals surface area contributed by atoms with Crippen molar-refractivity contribution in [3.05, 3.63) is 29.8 Å². The van der Waals surface area contributed by atoms with E-state index in [2.05, 4.69) is 10.2 Å². The van der Waals surface area contributed by atoms with E-state index < -0.39 is 0 Å². The molecule has 6 nitrogen and oxygen atoms in total. The fourth-order valence-corrected chi connectivity index (χ4v) is 3.01. The lowest BCUT2D eigenvalue weighted by Crippen LogP contribution is -2.51. The van der Waals surface area contributed by atoms with Crippen molar-refractivity contribution in [1.82, 2.24) is 15.1 Å². The fraction of sp³-hybridized carbons (Fsp3) is 0.600. The third kappa shape index (κ3) is 6.67. The van der Waals surface area contributed by atoms with Crippen molar-refractivity contribution in [2.24, 2.45) is 0 Å². The van der Waals surface area contributed by atoms with Gasteiger partial charge in [-0.1, -0.05) is 18.2 Å². The highest BCUT2D eigenvalue weighted by molar-refractivity contribution is 5.78. The van der Waals surface area contributed by atoms with Crippen LogP contribution in [0, 0.1) is 6.92 Å². The first kappa shape index (κ1) is 20.2. The lowest BCUT2D eigenvalue weighted by Gasteiger charge is -2.34. The van der Waals surface area contributed by atoms with Crippen molar-refractivity contribution in [2.45, 2.75) is 39.7 Å². The van der Waals surface area contributed by atoms with Gasteiger partial charge in [0.05, 0.1) is 13.2 Å². The number of amides is 2. The van der Waals surface area contributed by atoms with E-state index in [1.54, 1.807) is 0 Å². The van der Waals surface area contributed by atoms with Crippen LogP contribution in [-0.4, -0.2) is 67.0 Å². The molecule has 1 aliphatic heterocycles. The molecule has 26 heavy (non-hydrogen) atoms. The Morgan fingerprint density at radius 2 is 1.85 bits per heavy atom. The molecule has 1 aliphatic rings. The van der Waals surface area contributed by atoms with Crippen LogP contribution in [0.15, 0.2) is 24.3 Å². The number of hydrogen-bond acceptors (Lipinski definition) is 4. The first-order valence-electron chi connectivity index (χ1n) is 9.43. The highest BCUT2D eigenvalue weighted by Crippen LogP contribution is 2.16. The summed E-state index contributed by atoms with van der Waals surface area (Å²) >= 11 is 0. The van der Waals surface area contributed by atoms with Crippen LogP contribution in [0.3, 0.4) is 0 Å². The Hall–Kier alpha value is -2.08. The number of ether oxygens (including phenoxy) is 1. The lowest BCUT2D eigenvalue weighted by molar-refractivity contribution is -0.133. The molecule has 0 spiro atoms. The van der Waals surface area contributed by atoms with Crippen LogP contribution < -0.4 is 10.1 Å². The smallest absolute Gasteiger partial charge is 0.234 e. The molecule has 6 heteroatoms. The molecular formula is C20H31N3O3. The van der Waals surface area contributed by atoms with E-state index in [1.165, 1.54) is 0 Å². The Morgan fingerprint density at radius 1 is 1.15 bits per heavy atom. The summed E-state index contributed by atoms with van der Waals surface area (Å²) < 4.78 is 5.74. The monoisotopic (exact) mass is 361 g/mol. The average molecular weight is 361 g/mol. The normalized spacial score (nSPS) is 15.2. The van der Waals surface area contributed by atoms with Crippen LogP contribution in [0.2, 0.25) is 0 Å². The van der Waals surface area contributed by atoms with Gasteiger partial charge in [-0.2, -0.15) is 0 Å². The molecule has 0 radical (unpaired) electrons. The molecule has 0 aliphatic carbocycles. The number of nitrogens with zero attached hydrogens (tertiary/aromatic N) is 2. The van der Waals surface area contributed by atoms with Gasteiger partial charge in [-0.15, -0.1) is 0 Å². The molecule has 0 bridgehead atoms. The van der Waals surface area contributed by atoms with Gasteiger partial charge < -0.3 is 15.0 Å². The molecule has 1 fully saturated rings. The predicted octanol–water partition coefficient (Wildman–Crippen LogP) is 1.82. The molecule has 2 amide bonds. The van der Waals surface area contributed by atoms with E-state index in [0.717, 1.165) is 24.4 Å². The third-order valence-corrected chi connectivity index (χ3v) is 4.43. The van der Waals surface area contributed by atoms with Crippen LogP contribution in [0.1, 0.15) is 32.3 Å². The number of benzene rings is 1. The van der Waals surface area contributed by atoms with Crippen LogP contribution in [0.5, 0.6) is 5.75 Å². The summed E-state index contributed by atoms with van der Waals surface area (Å²) in [6, 6.07) is 8.06. The maximum Gasteiger partial charge on any atom is 0.234 e. The van der Waals surface area contributed by atoms with Crippen LogP contribution in [0.4, 0.5) is 0 Å². The Bertz CT molecular complexity index is 596. The van der Waals surface area contributed by atoms with Crippen molar-refractivity contribution >= 4 is 11.8 Å². The van der Waals surface area contributed by atoms with E-state index in [-0.39, 0.29) is 17.9 Å². The number of hydrogen-bond donors (Lipinski definition) is 1. The summed E-state index contributed by atoms with van der Waals surface area (Å²) in [5.41, 5.74) is 1.11. The second-order valence-corrected chi connectivity index (χ2v) is 7.10. The van der Waals surface area contributed by atoms with E-state index in [0.29, 0.717) is 39.1 Å². The Balaban J connectivity index is 1.62. The zero-order valence-corrected chi connectivity index (χ0v) is 16.2. The standard InChI is InChI=1S/C20H31N3O3/c1-16(2)21-19(24)15-22-10-12-23(13-11-22)20(25)9-6-14-26-18-8-5-4-7-17(18)3/h4-5,7-8,16H,6,9-15H2,1-3H3,(H,21,24). The summed E-state index contributed by atoms with van der Waals surface area (Å²) in [5, 5.41) is 2.90. The Morgan fingerprint density at radius 3 is 2.50 bits per heavy atom. The van der Waals surface area contributed by atoms with Crippen LogP contribution in [0.25, 0.3) is 0 Å². The van der Waals surface area contributed by atoms with Gasteiger partial charge in [-0.3, -0.25) is 14.5 Å². The van der Waals surface area contributed by atoms with Gasteiger partial charge in [0, 0.05) is 38.6 Å². The zero-order valence-electron chi connectivity index (χ0n) is 16.2. The van der Waals surface area contributed by atoms with Crippen LogP contribution >= 0.6 is 0 Å². The minimum Gasteiger partial charge on any atom is -0.493 e. The first-order chi connectivity index (χ1) is 12.5. The molecule has 1 aromatic rings. The van der Waals surface area contributed by atoms with Gasteiger partial charge in [-0.05, 0) is 38.8 Å². The van der Waals surface area contributed by atoms with Gasteiger partial charge in [0.25, 0.3) is 0 Å². The molecular weight excluding hydrogens is 330 g/mol. The van der Waals surface area contributed by atoms with Crippen molar-refractivity contribution in [3.63, 3.8) is 0 Å². The maximum atomic E-state index is 12.3. The summed E-state index contributed by atoms with van der Waals surface area (Å²) in [6.07, 6.45) is 1.21. The number of nitrogens with one attached hydrogen (secondary N) is 1. The molecule has 144 valence electrons. The Kier molecular flexibility index (Phi) is 7.91. The van der Waals surface area contributed by atoms with Gasteiger partial charge in [0.15, 0.2) is 0 Å². The molecule has 0 atom stereocenters. The van der Waals surface area contributed by atoms with E-state index in [1.807, 2.05) is 49.9 Å². The quantitative estimate of drug-likeness (QED) is 0.718. The average Bonchev–Trinajstić information content (AvgIpc) is 2.60. The molecule has 2 rings (SSSR count). The minimum absolute atomic E-state index is 0.0492. The van der Waals surface area contributed by atoms with Gasteiger partial charge >= 0.3 is 0 Å². The van der Waals surface area contributed by atoms with Gasteiger partial charge in [0.2, 0.25) is 11.8 Å². The lowest BCUT2D eigenvalue weighted by atomic mass is 10.2. The SMILES string of the molecule is Cc1ccccc1OCCCC(=O)N1CCN(CC(=O)NC(C)C)CC1. The van der Waals surface area contributed by atoms with Gasteiger partial charge in [-0.25, -0.2) is 0 Å². The summed E-state index contributed by atoms with van der Waals surface area (Å²) in [7, 11) is 0. The highest BCUT2D eigenvalue weighted by Gasteiger charge is 2.22. The largest absolute Gasteiger partial charge is 0.493 e. The molecule has 1 heterocycles. The van der Waals surface area contributed by atoms with E-state index in [9.17, 15) is 9.59 Å². The minimum atomic E-state index is 0.0492. The predicted molar refractivity (Wildman–Crippen MR) is 102 cm³/mol. The number of carbonyl (C=O) groups excluding carboxylic acids is 2. The fourth-order valence-electron chi connectivity index (χ4n) is 3.01. The second-order valence-electron chi connectivity index (χ2n) is 7.10. The molecule has 1 aromatic carbocycles. The molecule has 1 N–H and O–H groups in total. The highest BCUT2D eigenvalue weighted by atomic mass is 16.5. The number of para-hydroxylation sites is 1. The number of rotatable bonds is 8. The topological polar surface area (TPSA) is 61.9 Å². The van der Waals surface area contributed by atoms with Crippen molar-refractivity contribution < 1.29 is 14.3 Å². The maximum absolute atomic E-state index is 12.3. The number of aryl methyl sites for hydroxylation is 1. The van der Waals surface area contributed by atoms with Crippen molar-refractivity contribution in [1.29, 1.82) is 0 Å². The summed E-state index contributed by atoms with van der Waals surface area (Å²) in [6.45, 7) is 9.75. The van der Waals surface area contributed by atoms with E-state index in [4.69, 9.17) is 4.74 Å². The van der Waals surface area contributed by atoms with Gasteiger partial charge in [0.1, 0.15) is 5.75 Å². The molecule has 0 unspecified atom stereocenters. The molecule has 0 aromatic heterocycles. The van der Waals surface area contributed by atoms with Crippen molar-refractivity contribution in [3.8, 4) is 5.75 Å². The first-order valence-corrected chi connectivity index (χ1v) is 9.43. The summed E-state index contributed by atoms with van der Waals surface area (Å²) in [5.74, 6) is 1.10. The molecule has 0 saturated carbocycles. The number of carbonyl (C=O) groups is 2. The molecule has 1 saturated heterocycles. The number of piperazine rings is 1. The van der Waals surface area contributed by atoms with Crippen molar-refractivity contribution in [2.75, 3.05) is 39.3 Å². The Labute approximate surface area is 156 Å². The van der Waals surface area contributed by atoms with Crippen LogP contribution in [-0.2, 0) is 9.59 Å². The van der Waals surface area contributed by atoms with E-state index >= 15 is 0 Å². The second kappa shape index (κ2) is 10.2. The summed E-state index contributed by atoms with van der Waals surface area (Å²) in [4.78, 5) is 28.1.